The molecule has 1 saturated heterocycles. The number of likely N-dealkylation sites (tertiary alicyclic amines) is 1. The molecule has 0 N–H and O–H groups in total. The molecule has 1 aliphatic heterocycles. The molecule has 23 heavy (non-hydrogen) atoms. The van der Waals surface area contributed by atoms with Gasteiger partial charge in [-0.25, -0.2) is 4.79 Å². The van der Waals surface area contributed by atoms with Crippen molar-refractivity contribution in [2.75, 3.05) is 25.1 Å². The van der Waals surface area contributed by atoms with Crippen LogP contribution in [0.3, 0.4) is 0 Å². The van der Waals surface area contributed by atoms with Gasteiger partial charge in [-0.05, 0) is 11.5 Å². The lowest BCUT2D eigenvalue weighted by Crippen LogP contribution is -2.31. The van der Waals surface area contributed by atoms with Crippen molar-refractivity contribution < 1.29 is 18.5 Å². The number of amides is 1. The van der Waals surface area contributed by atoms with E-state index in [2.05, 4.69) is 0 Å². The van der Waals surface area contributed by atoms with Crippen molar-refractivity contribution in [2.24, 2.45) is 11.8 Å². The fraction of sp³-hybridized carbons (Fsp3) is 0.529. The number of carbonyl (C=O) groups excluding carboxylic acids is 2. The molecule has 3 atom stereocenters. The van der Waals surface area contributed by atoms with Crippen molar-refractivity contribution in [1.29, 1.82) is 0 Å². The predicted molar refractivity (Wildman–Crippen MR) is 89.4 cm³/mol. The maximum atomic E-state index is 12.2. The highest BCUT2D eigenvalue weighted by molar-refractivity contribution is 7.85. The van der Waals surface area contributed by atoms with Gasteiger partial charge in [0.05, 0.1) is 5.75 Å². The second-order valence-corrected chi connectivity index (χ2v) is 7.34. The van der Waals surface area contributed by atoms with Crippen molar-refractivity contribution in [3.05, 3.63) is 35.9 Å². The first-order valence-electron chi connectivity index (χ1n) is 7.79. The summed E-state index contributed by atoms with van der Waals surface area (Å²) in [6, 6.07) is 9.49. The van der Waals surface area contributed by atoms with Crippen LogP contribution >= 0.6 is 0 Å². The Morgan fingerprint density at radius 1 is 1.26 bits per heavy atom. The first-order chi connectivity index (χ1) is 11.0. The monoisotopic (exact) mass is 337 g/mol. The standard InChI is InChI=1S/C17H23NO4S/c1-3-14-9-18(10-15(14)16(19)12-23(2)21)17(20)22-11-13-7-5-4-6-8-13/h4-8,14-15H,3,9-12H2,1-2H3/t14-,15-,23?/m1/s1. The van der Waals surface area contributed by atoms with Crippen LogP contribution < -0.4 is 0 Å². The van der Waals surface area contributed by atoms with E-state index in [-0.39, 0.29) is 36.1 Å². The third kappa shape index (κ3) is 4.89. The molecule has 1 aliphatic rings. The summed E-state index contributed by atoms with van der Waals surface area (Å²) in [6.45, 7) is 3.12. The molecule has 0 aliphatic carbocycles. The number of hydrogen-bond acceptors (Lipinski definition) is 4. The molecular formula is C17H23NO4S. The number of hydrogen-bond donors (Lipinski definition) is 0. The van der Waals surface area contributed by atoms with Crippen molar-refractivity contribution in [3.8, 4) is 0 Å². The zero-order chi connectivity index (χ0) is 16.8. The third-order valence-corrected chi connectivity index (χ3v) is 4.88. The second-order valence-electron chi connectivity index (χ2n) is 5.90. The SMILES string of the molecule is CC[C@@H]1CN(C(=O)OCc2ccccc2)C[C@H]1C(=O)CS(C)=O. The summed E-state index contributed by atoms with van der Waals surface area (Å²) < 4.78 is 16.6. The van der Waals surface area contributed by atoms with Crippen LogP contribution in [0.2, 0.25) is 0 Å². The largest absolute Gasteiger partial charge is 0.445 e. The van der Waals surface area contributed by atoms with Gasteiger partial charge in [-0.15, -0.1) is 0 Å². The Morgan fingerprint density at radius 2 is 1.96 bits per heavy atom. The van der Waals surface area contributed by atoms with Gasteiger partial charge in [0.15, 0.2) is 5.78 Å². The molecule has 1 fully saturated rings. The highest BCUT2D eigenvalue weighted by atomic mass is 32.2. The van der Waals surface area contributed by atoms with Gasteiger partial charge in [0.1, 0.15) is 6.61 Å². The van der Waals surface area contributed by atoms with Crippen molar-refractivity contribution in [1.82, 2.24) is 4.90 Å². The van der Waals surface area contributed by atoms with Crippen molar-refractivity contribution >= 4 is 22.7 Å². The molecule has 0 radical (unpaired) electrons. The molecule has 0 spiro atoms. The first kappa shape index (κ1) is 17.7. The number of carbonyl (C=O) groups is 2. The molecule has 0 saturated carbocycles. The number of ketones is 1. The van der Waals surface area contributed by atoms with E-state index >= 15 is 0 Å². The van der Waals surface area contributed by atoms with Gasteiger partial charge in [-0.3, -0.25) is 9.00 Å². The normalized spacial score (nSPS) is 21.9. The maximum Gasteiger partial charge on any atom is 0.410 e. The van der Waals surface area contributed by atoms with Gasteiger partial charge in [-0.2, -0.15) is 0 Å². The van der Waals surface area contributed by atoms with Crippen LogP contribution in [-0.4, -0.2) is 46.1 Å². The second kappa shape index (κ2) is 8.24. The van der Waals surface area contributed by atoms with Crippen LogP contribution in [0.25, 0.3) is 0 Å². The summed E-state index contributed by atoms with van der Waals surface area (Å²) in [6.07, 6.45) is 1.95. The van der Waals surface area contributed by atoms with E-state index in [9.17, 15) is 13.8 Å². The Balaban J connectivity index is 1.91. The first-order valence-corrected chi connectivity index (χ1v) is 9.52. The highest BCUT2D eigenvalue weighted by Crippen LogP contribution is 2.27. The molecule has 5 nitrogen and oxygen atoms in total. The Morgan fingerprint density at radius 3 is 2.57 bits per heavy atom. The predicted octanol–water partition coefficient (Wildman–Crippen LogP) is 2.23. The minimum atomic E-state index is -1.14. The van der Waals surface area contributed by atoms with Gasteiger partial charge in [0, 0.05) is 36.1 Å². The molecule has 126 valence electrons. The van der Waals surface area contributed by atoms with Gasteiger partial charge >= 0.3 is 6.09 Å². The molecule has 6 heteroatoms. The Bertz CT molecular complexity index is 575. The van der Waals surface area contributed by atoms with Crippen LogP contribution in [0, 0.1) is 11.8 Å². The lowest BCUT2D eigenvalue weighted by molar-refractivity contribution is -0.121. The average Bonchev–Trinajstić information content (AvgIpc) is 2.97. The fourth-order valence-corrected chi connectivity index (χ4v) is 3.53. The molecule has 1 amide bonds. The van der Waals surface area contributed by atoms with Crippen molar-refractivity contribution in [3.63, 3.8) is 0 Å². The molecule has 0 bridgehead atoms. The van der Waals surface area contributed by atoms with Gasteiger partial charge in [0.25, 0.3) is 0 Å². The summed E-state index contributed by atoms with van der Waals surface area (Å²) >= 11 is 0. The Labute approximate surface area is 139 Å². The number of nitrogens with zero attached hydrogens (tertiary/aromatic N) is 1. The molecule has 1 aromatic carbocycles. The molecule has 2 rings (SSSR count). The van der Waals surface area contributed by atoms with E-state index in [0.29, 0.717) is 13.1 Å². The lowest BCUT2D eigenvalue weighted by Gasteiger charge is -2.16. The molecule has 1 aromatic rings. The number of ether oxygens (including phenoxy) is 1. The smallest absolute Gasteiger partial charge is 0.410 e. The highest BCUT2D eigenvalue weighted by Gasteiger charge is 2.39. The summed E-state index contributed by atoms with van der Waals surface area (Å²) in [7, 11) is -1.14. The Hall–Kier alpha value is -1.69. The van der Waals surface area contributed by atoms with E-state index < -0.39 is 10.8 Å². The third-order valence-electron chi connectivity index (χ3n) is 4.19. The van der Waals surface area contributed by atoms with Crippen LogP contribution in [0.5, 0.6) is 0 Å². The van der Waals surface area contributed by atoms with Gasteiger partial charge in [0.2, 0.25) is 0 Å². The summed E-state index contributed by atoms with van der Waals surface area (Å²) in [5.41, 5.74) is 0.932. The van der Waals surface area contributed by atoms with Crippen LogP contribution in [0.4, 0.5) is 4.79 Å². The number of benzene rings is 1. The Kier molecular flexibility index (Phi) is 6.33. The quantitative estimate of drug-likeness (QED) is 0.798. The average molecular weight is 337 g/mol. The summed E-state index contributed by atoms with van der Waals surface area (Å²) in [5.74, 6) is -0.0619. The lowest BCUT2D eigenvalue weighted by atomic mass is 9.91. The van der Waals surface area contributed by atoms with E-state index in [0.717, 1.165) is 12.0 Å². The van der Waals surface area contributed by atoms with E-state index in [1.165, 1.54) is 6.26 Å². The zero-order valence-corrected chi connectivity index (χ0v) is 14.4. The van der Waals surface area contributed by atoms with Crippen molar-refractivity contribution in [2.45, 2.75) is 20.0 Å². The molecule has 0 aromatic heterocycles. The minimum absolute atomic E-state index is 0.0176. The molecular weight excluding hydrogens is 314 g/mol. The summed E-state index contributed by atoms with van der Waals surface area (Å²) in [5, 5.41) is 0. The molecule has 1 unspecified atom stereocenters. The minimum Gasteiger partial charge on any atom is -0.445 e. The maximum absolute atomic E-state index is 12.2. The van der Waals surface area contributed by atoms with Crippen LogP contribution in [0.1, 0.15) is 18.9 Å². The molecule has 1 heterocycles. The zero-order valence-electron chi connectivity index (χ0n) is 13.6. The van der Waals surface area contributed by atoms with Gasteiger partial charge < -0.3 is 9.64 Å². The fourth-order valence-electron chi connectivity index (χ4n) is 2.92. The van der Waals surface area contributed by atoms with E-state index in [1.54, 1.807) is 4.90 Å². The number of Topliss-reactive ketones (excluding diaryl/α,β-unsaturated/α-hetero) is 1. The summed E-state index contributed by atoms with van der Waals surface area (Å²) in [4.78, 5) is 26.0. The van der Waals surface area contributed by atoms with E-state index in [1.807, 2.05) is 37.3 Å². The van der Waals surface area contributed by atoms with Crippen LogP contribution in [-0.2, 0) is 26.9 Å². The van der Waals surface area contributed by atoms with Crippen LogP contribution in [0.15, 0.2) is 30.3 Å². The van der Waals surface area contributed by atoms with E-state index in [4.69, 9.17) is 4.74 Å². The topological polar surface area (TPSA) is 63.7 Å². The van der Waals surface area contributed by atoms with Gasteiger partial charge in [-0.1, -0.05) is 43.7 Å². The number of rotatable bonds is 6.